The predicted octanol–water partition coefficient (Wildman–Crippen LogP) is 6.13. The number of unbranched alkanes of at least 4 members (excludes halogenated alkanes) is 1. The van der Waals surface area contributed by atoms with Gasteiger partial charge in [-0.15, -0.1) is 0 Å². The van der Waals surface area contributed by atoms with E-state index in [2.05, 4.69) is 16.3 Å². The van der Waals surface area contributed by atoms with E-state index in [9.17, 15) is 0 Å². The minimum Gasteiger partial charge on any atom is -0.166 e. The molecule has 0 aromatic heterocycles. The maximum Gasteiger partial charge on any atom is 0.152 e. The molecule has 0 amide bonds. The second kappa shape index (κ2) is 7.55. The van der Waals surface area contributed by atoms with Crippen molar-refractivity contribution in [3.63, 3.8) is 0 Å². The summed E-state index contributed by atoms with van der Waals surface area (Å²) in [5.41, 5.74) is 0.764. The fourth-order valence-corrected chi connectivity index (χ4v) is 1.73. The monoisotopic (exact) mass is 284 g/mol. The van der Waals surface area contributed by atoms with Crippen molar-refractivity contribution in [2.45, 2.75) is 38.1 Å². The van der Waals surface area contributed by atoms with Gasteiger partial charge in [-0.05, 0) is 57.4 Å². The van der Waals surface area contributed by atoms with Crippen LogP contribution in [-0.2, 0) is 0 Å². The summed E-state index contributed by atoms with van der Waals surface area (Å²) in [5, 5.41) is 9.00. The van der Waals surface area contributed by atoms with E-state index in [0.717, 1.165) is 24.9 Å². The molecule has 1 aromatic carbocycles. The first-order valence-corrected chi connectivity index (χ1v) is 6.77. The van der Waals surface area contributed by atoms with Crippen molar-refractivity contribution in [2.24, 2.45) is 10.2 Å². The Labute approximate surface area is 119 Å². The third-order valence-corrected chi connectivity index (χ3v) is 2.96. The van der Waals surface area contributed by atoms with Crippen molar-refractivity contribution in [3.8, 4) is 0 Å². The van der Waals surface area contributed by atoms with E-state index in [1.54, 1.807) is 12.1 Å². The minimum absolute atomic E-state index is 0.638. The molecular formula is C14H18Cl2N2. The molecule has 0 bridgehead atoms. The van der Waals surface area contributed by atoms with Gasteiger partial charge in [-0.25, -0.2) is 0 Å². The zero-order valence-corrected chi connectivity index (χ0v) is 12.2. The summed E-state index contributed by atoms with van der Waals surface area (Å²) in [5.74, 6) is 0. The van der Waals surface area contributed by atoms with Crippen LogP contribution in [0, 0.1) is 0 Å². The number of hydrogen-bond acceptors (Lipinski definition) is 2. The van der Waals surface area contributed by atoms with Crippen LogP contribution in [0.4, 0.5) is 5.69 Å². The van der Waals surface area contributed by atoms with Crippen molar-refractivity contribution in [1.82, 2.24) is 0 Å². The van der Waals surface area contributed by atoms with E-state index in [1.165, 1.54) is 0 Å². The summed E-state index contributed by atoms with van der Waals surface area (Å²) < 4.78 is 0. The zero-order chi connectivity index (χ0) is 13.4. The van der Waals surface area contributed by atoms with Gasteiger partial charge in [-0.3, -0.25) is 0 Å². The van der Waals surface area contributed by atoms with Crippen LogP contribution < -0.4 is 0 Å². The molecule has 98 valence electrons. The van der Waals surface area contributed by atoms with Gasteiger partial charge in [-0.2, -0.15) is 10.2 Å². The lowest BCUT2D eigenvalue weighted by molar-refractivity contribution is 0.552. The summed E-state index contributed by atoms with van der Waals surface area (Å²) in [6.45, 7) is 3.89. The average molecular weight is 285 g/mol. The van der Waals surface area contributed by atoms with Gasteiger partial charge in [0.1, 0.15) is 0 Å². The lowest BCUT2D eigenvalue weighted by atomic mass is 10.1. The number of allylic oxidation sites excluding steroid dienone is 2. The average Bonchev–Trinajstić information content (AvgIpc) is 2.34. The van der Waals surface area contributed by atoms with E-state index >= 15 is 0 Å². The first-order chi connectivity index (χ1) is 8.53. The molecule has 0 N–H and O–H groups in total. The van der Waals surface area contributed by atoms with Crippen molar-refractivity contribution in [3.05, 3.63) is 41.4 Å². The topological polar surface area (TPSA) is 24.7 Å². The molecule has 2 nitrogen and oxygen atoms in total. The first-order valence-electron chi connectivity index (χ1n) is 6.02. The molecule has 0 heterocycles. The Bertz CT molecular complexity index is 408. The number of nitrogens with zero attached hydrogens (tertiary/aromatic N) is 2. The van der Waals surface area contributed by atoms with Gasteiger partial charge in [-0.1, -0.05) is 35.4 Å². The number of hydrogen-bond donors (Lipinski definition) is 0. The summed E-state index contributed by atoms with van der Waals surface area (Å²) in [6, 6.07) is 7.21. The Hall–Kier alpha value is -0.860. The standard InChI is InChI=1S/C14H18Cl2N2/c1-3-4-5-6-11-14(2,16)18-17-13-9-7-12(15)8-10-13/h3-4,7-10H,5-6,11H2,1-2H3/b4-3-,18-17?. The van der Waals surface area contributed by atoms with Gasteiger partial charge in [0.2, 0.25) is 0 Å². The lowest BCUT2D eigenvalue weighted by Gasteiger charge is -2.14. The van der Waals surface area contributed by atoms with Gasteiger partial charge >= 0.3 is 0 Å². The van der Waals surface area contributed by atoms with E-state index in [-0.39, 0.29) is 0 Å². The predicted molar refractivity (Wildman–Crippen MR) is 78.9 cm³/mol. The van der Waals surface area contributed by atoms with Crippen LogP contribution in [0.5, 0.6) is 0 Å². The van der Waals surface area contributed by atoms with E-state index in [0.29, 0.717) is 5.02 Å². The lowest BCUT2D eigenvalue weighted by Crippen LogP contribution is -2.11. The second-order valence-electron chi connectivity index (χ2n) is 4.28. The molecular weight excluding hydrogens is 267 g/mol. The highest BCUT2D eigenvalue weighted by Crippen LogP contribution is 2.26. The molecule has 0 saturated heterocycles. The molecule has 0 saturated carbocycles. The molecule has 0 radical (unpaired) electrons. The van der Waals surface area contributed by atoms with E-state index in [1.807, 2.05) is 32.1 Å². The summed E-state index contributed by atoms with van der Waals surface area (Å²) in [7, 11) is 0. The first kappa shape index (κ1) is 15.2. The van der Waals surface area contributed by atoms with Gasteiger partial charge in [0.15, 0.2) is 5.00 Å². The maximum absolute atomic E-state index is 6.29. The smallest absolute Gasteiger partial charge is 0.152 e. The number of halogens is 2. The second-order valence-corrected chi connectivity index (χ2v) is 5.53. The largest absolute Gasteiger partial charge is 0.166 e. The van der Waals surface area contributed by atoms with Gasteiger partial charge in [0, 0.05) is 5.02 Å². The molecule has 0 aliphatic rings. The Balaban J connectivity index is 2.50. The summed E-state index contributed by atoms with van der Waals surface area (Å²) in [6.07, 6.45) is 7.00. The van der Waals surface area contributed by atoms with Crippen molar-refractivity contribution < 1.29 is 0 Å². The van der Waals surface area contributed by atoms with Crippen molar-refractivity contribution >= 4 is 28.9 Å². The Kier molecular flexibility index (Phi) is 6.37. The normalized spacial score (nSPS) is 15.3. The van der Waals surface area contributed by atoms with Gasteiger partial charge in [0.05, 0.1) is 5.69 Å². The molecule has 1 rings (SSSR count). The van der Waals surface area contributed by atoms with Crippen LogP contribution in [0.3, 0.4) is 0 Å². The summed E-state index contributed by atoms with van der Waals surface area (Å²) in [4.78, 5) is -0.638. The van der Waals surface area contributed by atoms with Crippen LogP contribution in [0.1, 0.15) is 33.1 Å². The van der Waals surface area contributed by atoms with Gasteiger partial charge in [0.25, 0.3) is 0 Å². The van der Waals surface area contributed by atoms with Crippen molar-refractivity contribution in [2.75, 3.05) is 0 Å². The van der Waals surface area contributed by atoms with Crippen LogP contribution in [-0.4, -0.2) is 5.00 Å². The molecule has 0 aliphatic carbocycles. The number of benzene rings is 1. The zero-order valence-electron chi connectivity index (χ0n) is 10.7. The third-order valence-electron chi connectivity index (χ3n) is 2.44. The number of rotatable bonds is 6. The maximum atomic E-state index is 6.29. The Morgan fingerprint density at radius 3 is 2.56 bits per heavy atom. The fourth-order valence-electron chi connectivity index (χ4n) is 1.43. The van der Waals surface area contributed by atoms with Crippen LogP contribution >= 0.6 is 23.2 Å². The molecule has 1 aromatic rings. The summed E-state index contributed by atoms with van der Waals surface area (Å²) >= 11 is 12.1. The van der Waals surface area contributed by atoms with Crippen LogP contribution in [0.2, 0.25) is 5.02 Å². The highest BCUT2D eigenvalue weighted by Gasteiger charge is 2.18. The Morgan fingerprint density at radius 1 is 1.28 bits per heavy atom. The molecule has 18 heavy (non-hydrogen) atoms. The highest BCUT2D eigenvalue weighted by molar-refractivity contribution is 6.30. The van der Waals surface area contributed by atoms with Gasteiger partial charge < -0.3 is 0 Å². The fraction of sp³-hybridized carbons (Fsp3) is 0.429. The quantitative estimate of drug-likeness (QED) is 0.197. The molecule has 4 heteroatoms. The number of alkyl halides is 1. The van der Waals surface area contributed by atoms with E-state index in [4.69, 9.17) is 23.2 Å². The van der Waals surface area contributed by atoms with Crippen LogP contribution in [0.25, 0.3) is 0 Å². The molecule has 1 atom stereocenters. The minimum atomic E-state index is -0.638. The molecule has 0 spiro atoms. The molecule has 0 aliphatic heterocycles. The third kappa shape index (κ3) is 6.18. The Morgan fingerprint density at radius 2 is 1.94 bits per heavy atom. The SMILES string of the molecule is C/C=C\CCCC(C)(Cl)N=Nc1ccc(Cl)cc1. The van der Waals surface area contributed by atoms with Crippen LogP contribution in [0.15, 0.2) is 46.6 Å². The molecule has 0 fully saturated rings. The molecule has 1 unspecified atom stereocenters. The van der Waals surface area contributed by atoms with Crippen molar-refractivity contribution in [1.29, 1.82) is 0 Å². The highest BCUT2D eigenvalue weighted by atomic mass is 35.5. The van der Waals surface area contributed by atoms with E-state index < -0.39 is 5.00 Å². The number of azo groups is 1.